The average molecular weight is 348 g/mol. The number of nitrogens with zero attached hydrogens (tertiary/aromatic N) is 3. The lowest BCUT2D eigenvalue weighted by Gasteiger charge is -2.13. The fourth-order valence-corrected chi connectivity index (χ4v) is 2.92. The molecule has 7 heteroatoms. The highest BCUT2D eigenvalue weighted by atomic mass is 35.5. The van der Waals surface area contributed by atoms with Gasteiger partial charge < -0.3 is 0 Å². The quantitative estimate of drug-likeness (QED) is 0.619. The molecule has 1 aromatic heterocycles. The number of hydrogen-bond donors (Lipinski definition) is 0. The summed E-state index contributed by atoms with van der Waals surface area (Å²) in [6, 6.07) is 3.77. The topological polar surface area (TPSA) is 55.2 Å². The number of halogens is 2. The summed E-state index contributed by atoms with van der Waals surface area (Å²) in [5.41, 5.74) is 3.15. The number of anilines is 1. The maximum atomic E-state index is 13.3. The van der Waals surface area contributed by atoms with Crippen LogP contribution < -0.4 is 4.90 Å². The minimum absolute atomic E-state index is 0.0123. The first-order valence-electron chi connectivity index (χ1n) is 7.32. The van der Waals surface area contributed by atoms with Crippen LogP contribution in [0.15, 0.2) is 23.8 Å². The molecular formula is C17H15ClFN3O2. The van der Waals surface area contributed by atoms with Gasteiger partial charge in [-0.15, -0.1) is 0 Å². The van der Waals surface area contributed by atoms with E-state index in [0.717, 1.165) is 27.9 Å². The second-order valence-corrected chi connectivity index (χ2v) is 6.09. The van der Waals surface area contributed by atoms with Gasteiger partial charge in [0.1, 0.15) is 5.82 Å². The van der Waals surface area contributed by atoms with Crippen LogP contribution in [0, 0.1) is 19.7 Å². The second-order valence-electron chi connectivity index (χ2n) is 5.69. The Kier molecular flexibility index (Phi) is 4.01. The number of rotatable bonds is 2. The summed E-state index contributed by atoms with van der Waals surface area (Å²) in [4.78, 5) is 25.9. The highest BCUT2D eigenvalue weighted by molar-refractivity contribution is 6.32. The molecule has 1 aliphatic heterocycles. The summed E-state index contributed by atoms with van der Waals surface area (Å²) in [6.07, 6.45) is 1.69. The van der Waals surface area contributed by atoms with Crippen molar-refractivity contribution in [2.24, 2.45) is 7.05 Å². The third-order valence-corrected chi connectivity index (χ3v) is 4.40. The summed E-state index contributed by atoms with van der Waals surface area (Å²) in [6.45, 7) is 3.74. The summed E-state index contributed by atoms with van der Waals surface area (Å²) in [5.74, 6) is -1.39. The minimum Gasteiger partial charge on any atom is -0.274 e. The van der Waals surface area contributed by atoms with Crippen LogP contribution >= 0.6 is 11.6 Å². The number of hydrogen-bond acceptors (Lipinski definition) is 3. The number of benzene rings is 1. The molecule has 0 N–H and O–H groups in total. The van der Waals surface area contributed by atoms with Gasteiger partial charge >= 0.3 is 0 Å². The first-order chi connectivity index (χ1) is 11.3. The molecule has 0 bridgehead atoms. The van der Waals surface area contributed by atoms with Crippen LogP contribution in [0.2, 0.25) is 5.02 Å². The summed E-state index contributed by atoms with van der Waals surface area (Å²) in [5, 5.41) is 4.16. The molecule has 2 aromatic rings. The number of amides is 2. The molecule has 3 rings (SSSR count). The van der Waals surface area contributed by atoms with Crippen LogP contribution in [-0.2, 0) is 16.6 Å². The van der Waals surface area contributed by atoms with Gasteiger partial charge in [0.05, 0.1) is 22.8 Å². The molecule has 24 heavy (non-hydrogen) atoms. The molecule has 1 saturated heterocycles. The lowest BCUT2D eigenvalue weighted by Crippen LogP contribution is -2.28. The molecule has 1 aromatic carbocycles. The van der Waals surface area contributed by atoms with Crippen molar-refractivity contribution in [3.05, 3.63) is 51.6 Å². The number of imide groups is 1. The number of carbonyl (C=O) groups is 2. The fraction of sp³-hybridized carbons (Fsp3) is 0.235. The zero-order chi connectivity index (χ0) is 17.6. The molecule has 2 amide bonds. The first kappa shape index (κ1) is 16.4. The molecule has 0 aliphatic carbocycles. The van der Waals surface area contributed by atoms with E-state index >= 15 is 0 Å². The van der Waals surface area contributed by atoms with E-state index in [-0.39, 0.29) is 23.0 Å². The maximum Gasteiger partial charge on any atom is 0.261 e. The van der Waals surface area contributed by atoms with E-state index in [2.05, 4.69) is 5.10 Å². The van der Waals surface area contributed by atoms with Crippen LogP contribution in [0.1, 0.15) is 23.4 Å². The molecule has 0 atom stereocenters. The SMILES string of the molecule is Cc1nn(C)c(C)c1/C=C1\CC(=O)N(c2ccc(F)c(Cl)c2)C1=O. The number of carbonyl (C=O) groups excluding carboxylic acids is 2. The Balaban J connectivity index is 2.00. The van der Waals surface area contributed by atoms with Crippen molar-refractivity contribution in [3.63, 3.8) is 0 Å². The molecule has 5 nitrogen and oxygen atoms in total. The van der Waals surface area contributed by atoms with Gasteiger partial charge in [0.2, 0.25) is 5.91 Å². The zero-order valence-corrected chi connectivity index (χ0v) is 14.2. The van der Waals surface area contributed by atoms with Gasteiger partial charge in [-0.25, -0.2) is 9.29 Å². The van der Waals surface area contributed by atoms with E-state index in [1.54, 1.807) is 10.8 Å². The van der Waals surface area contributed by atoms with Gasteiger partial charge in [-0.3, -0.25) is 14.3 Å². The van der Waals surface area contributed by atoms with Gasteiger partial charge in [-0.2, -0.15) is 5.10 Å². The number of aromatic nitrogens is 2. The Hall–Kier alpha value is -2.47. The standard InChI is InChI=1S/C17H15ClFN3O2/c1-9-13(10(2)21(3)20-9)6-11-7-16(23)22(17(11)24)12-4-5-15(19)14(18)8-12/h4-6,8H,7H2,1-3H3/b11-6+. The predicted molar refractivity (Wildman–Crippen MR) is 89.2 cm³/mol. The molecule has 0 spiro atoms. The van der Waals surface area contributed by atoms with Crippen LogP contribution in [0.4, 0.5) is 10.1 Å². The van der Waals surface area contributed by atoms with Gasteiger partial charge in [0.15, 0.2) is 0 Å². The van der Waals surface area contributed by atoms with Crippen molar-refractivity contribution < 1.29 is 14.0 Å². The second kappa shape index (κ2) is 5.87. The highest BCUT2D eigenvalue weighted by Gasteiger charge is 2.35. The Morgan fingerprint density at radius 2 is 2.00 bits per heavy atom. The van der Waals surface area contributed by atoms with Crippen molar-refractivity contribution in [1.82, 2.24) is 9.78 Å². The zero-order valence-electron chi connectivity index (χ0n) is 13.4. The lowest BCUT2D eigenvalue weighted by atomic mass is 10.1. The Morgan fingerprint density at radius 3 is 2.58 bits per heavy atom. The molecule has 2 heterocycles. The van der Waals surface area contributed by atoms with Gasteiger partial charge in [-0.1, -0.05) is 11.6 Å². The Labute approximate surface area is 143 Å². The maximum absolute atomic E-state index is 13.3. The average Bonchev–Trinajstić information content (AvgIpc) is 2.93. The predicted octanol–water partition coefficient (Wildman–Crippen LogP) is 3.18. The minimum atomic E-state index is -0.600. The van der Waals surface area contributed by atoms with Gasteiger partial charge in [-0.05, 0) is 38.1 Å². The summed E-state index contributed by atoms with van der Waals surface area (Å²) >= 11 is 5.75. The van der Waals surface area contributed by atoms with E-state index in [0.29, 0.717) is 5.57 Å². The van der Waals surface area contributed by atoms with Crippen molar-refractivity contribution in [3.8, 4) is 0 Å². The van der Waals surface area contributed by atoms with Crippen molar-refractivity contribution >= 4 is 35.2 Å². The van der Waals surface area contributed by atoms with Crippen molar-refractivity contribution in [1.29, 1.82) is 0 Å². The Morgan fingerprint density at radius 1 is 1.29 bits per heavy atom. The summed E-state index contributed by atoms with van der Waals surface area (Å²) < 4.78 is 15.0. The van der Waals surface area contributed by atoms with E-state index in [1.807, 2.05) is 20.9 Å². The normalized spacial score (nSPS) is 16.5. The Bertz CT molecular complexity index is 901. The van der Waals surface area contributed by atoms with Gasteiger partial charge in [0, 0.05) is 23.9 Å². The van der Waals surface area contributed by atoms with Crippen molar-refractivity contribution in [2.45, 2.75) is 20.3 Å². The fourth-order valence-electron chi connectivity index (χ4n) is 2.75. The summed E-state index contributed by atoms with van der Waals surface area (Å²) in [7, 11) is 1.82. The molecule has 1 aliphatic rings. The lowest BCUT2D eigenvalue weighted by molar-refractivity contribution is -0.120. The first-order valence-corrected chi connectivity index (χ1v) is 7.70. The molecule has 0 unspecified atom stereocenters. The number of aryl methyl sites for hydroxylation is 2. The van der Waals surface area contributed by atoms with Crippen LogP contribution in [0.25, 0.3) is 6.08 Å². The molecule has 0 radical (unpaired) electrons. The molecular weight excluding hydrogens is 333 g/mol. The highest BCUT2D eigenvalue weighted by Crippen LogP contribution is 2.30. The van der Waals surface area contributed by atoms with E-state index in [1.165, 1.54) is 12.1 Å². The molecule has 1 fully saturated rings. The van der Waals surface area contributed by atoms with E-state index in [9.17, 15) is 14.0 Å². The van der Waals surface area contributed by atoms with E-state index < -0.39 is 11.7 Å². The van der Waals surface area contributed by atoms with Crippen LogP contribution in [-0.4, -0.2) is 21.6 Å². The monoisotopic (exact) mass is 347 g/mol. The third kappa shape index (κ3) is 2.63. The van der Waals surface area contributed by atoms with Gasteiger partial charge in [0.25, 0.3) is 5.91 Å². The van der Waals surface area contributed by atoms with Crippen LogP contribution in [0.3, 0.4) is 0 Å². The molecule has 124 valence electrons. The van der Waals surface area contributed by atoms with Crippen molar-refractivity contribution in [2.75, 3.05) is 4.90 Å². The molecule has 0 saturated carbocycles. The smallest absolute Gasteiger partial charge is 0.261 e. The van der Waals surface area contributed by atoms with Crippen LogP contribution in [0.5, 0.6) is 0 Å². The largest absolute Gasteiger partial charge is 0.274 e. The van der Waals surface area contributed by atoms with E-state index in [4.69, 9.17) is 11.6 Å². The third-order valence-electron chi connectivity index (χ3n) is 4.11.